The van der Waals surface area contributed by atoms with E-state index in [0.29, 0.717) is 0 Å². The van der Waals surface area contributed by atoms with Crippen LogP contribution in [0.25, 0.3) is 0 Å². The minimum atomic E-state index is -2.57. The Hall–Kier alpha value is 0.0569. The topological polar surface area (TPSA) is 47.9 Å². The molecule has 0 aliphatic carbocycles. The molecule has 0 spiro atoms. The molecular weight excluding hydrogens is 164 g/mol. The first-order valence-electron chi connectivity index (χ1n) is 3.43. The van der Waals surface area contributed by atoms with Crippen LogP contribution in [0.5, 0.6) is 0 Å². The number of hydrogen-bond donors (Lipinski definition) is 1. The zero-order valence-electron chi connectivity index (χ0n) is 7.46. The fraction of sp³-hybridized carbons (Fsp3) is 1.00. The average molecular weight is 180 g/mol. The van der Waals surface area contributed by atoms with Gasteiger partial charge in [0.1, 0.15) is 0 Å². The second kappa shape index (κ2) is 4.84. The molecule has 0 aromatic rings. The minimum Gasteiger partial charge on any atom is -0.396 e. The van der Waals surface area contributed by atoms with E-state index in [1.54, 1.807) is 0 Å². The summed E-state index contributed by atoms with van der Waals surface area (Å²) in [5.41, 5.74) is -0.0810. The summed E-state index contributed by atoms with van der Waals surface area (Å²) >= 11 is 0. The fourth-order valence-electron chi connectivity index (χ4n) is 0.965. The summed E-state index contributed by atoms with van der Waals surface area (Å²) < 4.78 is 15.4. The van der Waals surface area contributed by atoms with Crippen molar-refractivity contribution in [2.45, 2.75) is 12.5 Å². The Morgan fingerprint density at radius 2 is 1.55 bits per heavy atom. The molecule has 1 unspecified atom stereocenters. The molecule has 0 radical (unpaired) electrons. The van der Waals surface area contributed by atoms with Gasteiger partial charge in [0.15, 0.2) is 0 Å². The van der Waals surface area contributed by atoms with Crippen molar-refractivity contribution in [3.8, 4) is 0 Å². The van der Waals surface area contributed by atoms with Crippen LogP contribution in [0.3, 0.4) is 0 Å². The summed E-state index contributed by atoms with van der Waals surface area (Å²) in [6.45, 7) is 1.85. The molecule has 0 rings (SSSR count). The van der Waals surface area contributed by atoms with E-state index >= 15 is 0 Å². The Morgan fingerprint density at radius 1 is 1.18 bits per heavy atom. The van der Waals surface area contributed by atoms with Gasteiger partial charge in [-0.1, -0.05) is 6.92 Å². The van der Waals surface area contributed by atoms with Crippen LogP contribution < -0.4 is 0 Å². The van der Waals surface area contributed by atoms with Gasteiger partial charge in [-0.25, -0.2) is 0 Å². The van der Waals surface area contributed by atoms with Crippen molar-refractivity contribution in [2.75, 3.05) is 27.9 Å². The first-order chi connectivity index (χ1) is 5.16. The number of aliphatic hydroxyl groups excluding tert-OH is 1. The molecule has 1 atom stereocenters. The SMILES string of the molecule is CO[Si](OC)(OC)C(C)CO. The van der Waals surface area contributed by atoms with E-state index in [4.69, 9.17) is 18.4 Å². The van der Waals surface area contributed by atoms with Gasteiger partial charge in [-0.05, 0) is 0 Å². The van der Waals surface area contributed by atoms with Crippen molar-refractivity contribution >= 4 is 8.80 Å². The smallest absolute Gasteiger partial charge is 0.396 e. The van der Waals surface area contributed by atoms with E-state index in [-0.39, 0.29) is 12.1 Å². The van der Waals surface area contributed by atoms with Crippen molar-refractivity contribution in [3.63, 3.8) is 0 Å². The molecule has 68 valence electrons. The first-order valence-corrected chi connectivity index (χ1v) is 5.23. The second-order valence-electron chi connectivity index (χ2n) is 2.30. The van der Waals surface area contributed by atoms with Crippen LogP contribution in [0.15, 0.2) is 0 Å². The highest BCUT2D eigenvalue weighted by atomic mass is 28.4. The quantitative estimate of drug-likeness (QED) is 0.616. The lowest BCUT2D eigenvalue weighted by molar-refractivity contribution is 0.101. The monoisotopic (exact) mass is 180 g/mol. The van der Waals surface area contributed by atoms with Gasteiger partial charge in [-0.2, -0.15) is 0 Å². The van der Waals surface area contributed by atoms with Crippen LogP contribution in [0.1, 0.15) is 6.92 Å². The van der Waals surface area contributed by atoms with Gasteiger partial charge in [-0.3, -0.25) is 0 Å². The Balaban J connectivity index is 4.26. The Morgan fingerprint density at radius 3 is 1.64 bits per heavy atom. The average Bonchev–Trinajstić information content (AvgIpc) is 2.08. The second-order valence-corrected chi connectivity index (χ2v) is 5.72. The molecule has 4 nitrogen and oxygen atoms in total. The van der Waals surface area contributed by atoms with Crippen molar-refractivity contribution in [2.24, 2.45) is 0 Å². The number of rotatable bonds is 5. The molecule has 0 saturated carbocycles. The fourth-order valence-corrected chi connectivity index (χ4v) is 2.90. The van der Waals surface area contributed by atoms with Gasteiger partial charge in [0, 0.05) is 26.9 Å². The molecule has 0 aliphatic heterocycles. The lowest BCUT2D eigenvalue weighted by Gasteiger charge is -2.28. The summed E-state index contributed by atoms with van der Waals surface area (Å²) in [5.74, 6) is 0. The number of hydrogen-bond acceptors (Lipinski definition) is 4. The van der Waals surface area contributed by atoms with Crippen LogP contribution >= 0.6 is 0 Å². The zero-order chi connectivity index (χ0) is 8.91. The summed E-state index contributed by atoms with van der Waals surface area (Å²) in [6, 6.07) is 0. The standard InChI is InChI=1S/C6H16O4Si/c1-6(5-7)11(8-2,9-3)10-4/h6-7H,5H2,1-4H3. The maximum absolute atomic E-state index is 8.86. The Kier molecular flexibility index (Phi) is 4.86. The lowest BCUT2D eigenvalue weighted by Crippen LogP contribution is -2.47. The van der Waals surface area contributed by atoms with Gasteiger partial charge in [0.2, 0.25) is 0 Å². The zero-order valence-corrected chi connectivity index (χ0v) is 8.46. The molecule has 1 N–H and O–H groups in total. The third-order valence-corrected chi connectivity index (χ3v) is 4.83. The molecule has 0 saturated heterocycles. The van der Waals surface area contributed by atoms with E-state index in [1.807, 2.05) is 6.92 Å². The van der Waals surface area contributed by atoms with E-state index in [0.717, 1.165) is 0 Å². The summed E-state index contributed by atoms with van der Waals surface area (Å²) in [4.78, 5) is 0. The largest absolute Gasteiger partial charge is 0.505 e. The maximum Gasteiger partial charge on any atom is 0.505 e. The molecule has 0 amide bonds. The third-order valence-electron chi connectivity index (χ3n) is 1.73. The van der Waals surface area contributed by atoms with Gasteiger partial charge in [-0.15, -0.1) is 0 Å². The molecule has 0 bridgehead atoms. The molecule has 5 heteroatoms. The van der Waals surface area contributed by atoms with Crippen molar-refractivity contribution < 1.29 is 18.4 Å². The van der Waals surface area contributed by atoms with Crippen LogP contribution in [-0.4, -0.2) is 41.8 Å². The van der Waals surface area contributed by atoms with Crippen molar-refractivity contribution in [1.29, 1.82) is 0 Å². The molecule has 0 fully saturated rings. The Bertz CT molecular complexity index is 96.5. The molecule has 0 aromatic carbocycles. The first kappa shape index (κ1) is 11.1. The molecule has 0 aromatic heterocycles. The van der Waals surface area contributed by atoms with E-state index in [9.17, 15) is 0 Å². The normalized spacial score (nSPS) is 15.0. The maximum atomic E-state index is 8.86. The summed E-state index contributed by atoms with van der Waals surface area (Å²) in [5, 5.41) is 8.86. The van der Waals surface area contributed by atoms with E-state index < -0.39 is 8.80 Å². The van der Waals surface area contributed by atoms with Crippen LogP contribution in [-0.2, 0) is 13.3 Å². The van der Waals surface area contributed by atoms with Gasteiger partial charge >= 0.3 is 8.80 Å². The predicted molar refractivity (Wildman–Crippen MR) is 43.3 cm³/mol. The molecule has 0 aliphatic rings. The minimum absolute atomic E-state index is 0.0156. The van der Waals surface area contributed by atoms with Crippen molar-refractivity contribution in [3.05, 3.63) is 0 Å². The highest BCUT2D eigenvalue weighted by molar-refractivity contribution is 6.62. The van der Waals surface area contributed by atoms with Gasteiger partial charge in [0.25, 0.3) is 0 Å². The predicted octanol–water partition coefficient (Wildman–Crippen LogP) is 0.247. The van der Waals surface area contributed by atoms with Gasteiger partial charge < -0.3 is 18.4 Å². The molecule has 11 heavy (non-hydrogen) atoms. The highest BCUT2D eigenvalue weighted by Gasteiger charge is 2.44. The summed E-state index contributed by atoms with van der Waals surface area (Å²) in [7, 11) is 2.03. The number of aliphatic hydroxyl groups is 1. The van der Waals surface area contributed by atoms with E-state index in [2.05, 4.69) is 0 Å². The van der Waals surface area contributed by atoms with Crippen LogP contribution in [0.2, 0.25) is 5.54 Å². The van der Waals surface area contributed by atoms with Crippen LogP contribution in [0.4, 0.5) is 0 Å². The molecule has 0 heterocycles. The van der Waals surface area contributed by atoms with Crippen molar-refractivity contribution in [1.82, 2.24) is 0 Å². The lowest BCUT2D eigenvalue weighted by atomic mass is 10.5. The third kappa shape index (κ3) is 2.24. The van der Waals surface area contributed by atoms with Crippen LogP contribution in [0, 0.1) is 0 Å². The van der Waals surface area contributed by atoms with Gasteiger partial charge in [0.05, 0.1) is 6.61 Å². The summed E-state index contributed by atoms with van der Waals surface area (Å²) in [6.07, 6.45) is 0. The Labute approximate surface area is 68.4 Å². The van der Waals surface area contributed by atoms with E-state index in [1.165, 1.54) is 21.3 Å². The molecular formula is C6H16O4Si. The highest BCUT2D eigenvalue weighted by Crippen LogP contribution is 2.22.